The molecule has 1 unspecified atom stereocenters. The van der Waals surface area contributed by atoms with Gasteiger partial charge in [-0.3, -0.25) is 19.1 Å². The first-order valence-electron chi connectivity index (χ1n) is 8.54. The minimum atomic E-state index is -0.365. The first kappa shape index (κ1) is 16.1. The van der Waals surface area contributed by atoms with E-state index in [1.165, 1.54) is 0 Å². The molecule has 3 aliphatic heterocycles. The maximum atomic E-state index is 12.5. The van der Waals surface area contributed by atoms with Gasteiger partial charge in [-0.2, -0.15) is 5.10 Å². The lowest BCUT2D eigenvalue weighted by atomic mass is 10.1. The van der Waals surface area contributed by atoms with Crippen molar-refractivity contribution >= 4 is 23.5 Å². The maximum absolute atomic E-state index is 12.5. The predicted octanol–water partition coefficient (Wildman–Crippen LogP) is -0.930. The summed E-state index contributed by atoms with van der Waals surface area (Å²) in [6.07, 6.45) is 0.237. The van der Waals surface area contributed by atoms with E-state index in [2.05, 4.69) is 15.3 Å². The van der Waals surface area contributed by atoms with Crippen LogP contribution in [0.15, 0.2) is 6.07 Å². The summed E-state index contributed by atoms with van der Waals surface area (Å²) in [5.74, 6) is -0.261. The Hall–Kier alpha value is -2.42. The minimum absolute atomic E-state index is 0.0409. The van der Waals surface area contributed by atoms with E-state index in [0.29, 0.717) is 31.1 Å². The van der Waals surface area contributed by atoms with E-state index >= 15 is 0 Å². The van der Waals surface area contributed by atoms with Crippen LogP contribution in [-0.4, -0.2) is 88.5 Å². The highest BCUT2D eigenvalue weighted by Gasteiger charge is 2.41. The monoisotopic (exact) mass is 346 g/mol. The van der Waals surface area contributed by atoms with Crippen LogP contribution in [0.1, 0.15) is 16.9 Å². The van der Waals surface area contributed by atoms with Crippen molar-refractivity contribution in [1.82, 2.24) is 24.5 Å². The van der Waals surface area contributed by atoms with Gasteiger partial charge in [0.25, 0.3) is 5.91 Å². The average Bonchev–Trinajstić information content (AvgIpc) is 3.12. The second-order valence-corrected chi connectivity index (χ2v) is 7.18. The molecule has 2 fully saturated rings. The van der Waals surface area contributed by atoms with Gasteiger partial charge in [0.15, 0.2) is 5.82 Å². The molecule has 3 aliphatic rings. The molecule has 3 amide bonds. The molecule has 1 atom stereocenters. The van der Waals surface area contributed by atoms with Gasteiger partial charge in [-0.05, 0) is 7.05 Å². The SMILES string of the molecule is CN1CC(N2CC(C(=O)Nc3cc4n(n3)CCN(C)C4=O)CC2=O)C1. The summed E-state index contributed by atoms with van der Waals surface area (Å²) in [6.45, 7) is 3.40. The fraction of sp³-hybridized carbons (Fsp3) is 0.625. The lowest BCUT2D eigenvalue weighted by Gasteiger charge is -2.42. The molecule has 0 aliphatic carbocycles. The van der Waals surface area contributed by atoms with Gasteiger partial charge in [0.1, 0.15) is 5.69 Å². The molecule has 1 N–H and O–H groups in total. The van der Waals surface area contributed by atoms with Crippen molar-refractivity contribution in [2.45, 2.75) is 19.0 Å². The van der Waals surface area contributed by atoms with Crippen LogP contribution in [0.3, 0.4) is 0 Å². The first-order chi connectivity index (χ1) is 11.9. The van der Waals surface area contributed by atoms with E-state index in [9.17, 15) is 14.4 Å². The van der Waals surface area contributed by atoms with Crippen LogP contribution >= 0.6 is 0 Å². The molecular formula is C16H22N6O3. The third kappa shape index (κ3) is 2.78. The van der Waals surface area contributed by atoms with Gasteiger partial charge in [-0.25, -0.2) is 0 Å². The predicted molar refractivity (Wildman–Crippen MR) is 88.9 cm³/mol. The zero-order valence-corrected chi connectivity index (χ0v) is 14.4. The van der Waals surface area contributed by atoms with Gasteiger partial charge in [0.05, 0.1) is 18.5 Å². The van der Waals surface area contributed by atoms with Crippen molar-refractivity contribution in [3.8, 4) is 0 Å². The Labute approximate surface area is 145 Å². The average molecular weight is 346 g/mol. The van der Waals surface area contributed by atoms with E-state index in [1.54, 1.807) is 22.7 Å². The van der Waals surface area contributed by atoms with Gasteiger partial charge >= 0.3 is 0 Å². The highest BCUT2D eigenvalue weighted by molar-refractivity contribution is 5.98. The standard InChI is InChI=1S/C16H22N6O3/c1-19-8-11(9-19)21-7-10(5-14(21)23)15(24)17-13-6-12-16(25)20(2)3-4-22(12)18-13/h6,10-11H,3-5,7-9H2,1-2H3,(H,17,18,24). The van der Waals surface area contributed by atoms with Crippen molar-refractivity contribution in [3.05, 3.63) is 11.8 Å². The van der Waals surface area contributed by atoms with Crippen molar-refractivity contribution in [1.29, 1.82) is 0 Å². The van der Waals surface area contributed by atoms with Crippen molar-refractivity contribution in [2.24, 2.45) is 5.92 Å². The molecule has 4 rings (SSSR count). The number of nitrogens with one attached hydrogen (secondary N) is 1. The third-order valence-corrected chi connectivity index (χ3v) is 5.26. The number of aromatic nitrogens is 2. The van der Waals surface area contributed by atoms with Crippen LogP contribution in [0.5, 0.6) is 0 Å². The van der Waals surface area contributed by atoms with Gasteiger partial charge in [0.2, 0.25) is 11.8 Å². The van der Waals surface area contributed by atoms with E-state index in [4.69, 9.17) is 0 Å². The minimum Gasteiger partial charge on any atom is -0.339 e. The molecule has 9 heteroatoms. The molecule has 134 valence electrons. The number of likely N-dealkylation sites (N-methyl/N-ethyl adjacent to an activating group) is 2. The Morgan fingerprint density at radius 3 is 2.68 bits per heavy atom. The Morgan fingerprint density at radius 1 is 1.20 bits per heavy atom. The fourth-order valence-electron chi connectivity index (χ4n) is 3.71. The van der Waals surface area contributed by atoms with Crippen LogP contribution in [0, 0.1) is 5.92 Å². The van der Waals surface area contributed by atoms with Crippen LogP contribution in [-0.2, 0) is 16.1 Å². The third-order valence-electron chi connectivity index (χ3n) is 5.26. The Balaban J connectivity index is 1.40. The van der Waals surface area contributed by atoms with E-state index in [1.807, 2.05) is 11.9 Å². The summed E-state index contributed by atoms with van der Waals surface area (Å²) in [6, 6.07) is 1.83. The van der Waals surface area contributed by atoms with Crippen LogP contribution in [0.25, 0.3) is 0 Å². The molecule has 0 saturated carbocycles. The number of fused-ring (bicyclic) bond motifs is 1. The molecular weight excluding hydrogens is 324 g/mol. The quantitative estimate of drug-likeness (QED) is 0.764. The lowest BCUT2D eigenvalue weighted by molar-refractivity contribution is -0.132. The maximum Gasteiger partial charge on any atom is 0.272 e. The number of hydrogen-bond acceptors (Lipinski definition) is 5. The smallest absolute Gasteiger partial charge is 0.272 e. The van der Waals surface area contributed by atoms with Gasteiger partial charge in [0, 0.05) is 45.7 Å². The molecule has 1 aromatic rings. The summed E-state index contributed by atoms with van der Waals surface area (Å²) in [7, 11) is 3.76. The summed E-state index contributed by atoms with van der Waals surface area (Å²) >= 11 is 0. The second-order valence-electron chi connectivity index (χ2n) is 7.18. The van der Waals surface area contributed by atoms with E-state index in [-0.39, 0.29) is 36.1 Å². The summed E-state index contributed by atoms with van der Waals surface area (Å²) in [5, 5.41) is 7.06. The molecule has 0 aromatic carbocycles. The number of hydrogen-bond donors (Lipinski definition) is 1. The number of amides is 3. The number of carbonyl (C=O) groups excluding carboxylic acids is 3. The number of anilines is 1. The highest BCUT2D eigenvalue weighted by Crippen LogP contribution is 2.25. The Kier molecular flexibility index (Phi) is 3.75. The normalized spacial score (nSPS) is 24.5. The zero-order chi connectivity index (χ0) is 17.7. The topological polar surface area (TPSA) is 90.8 Å². The molecule has 25 heavy (non-hydrogen) atoms. The Morgan fingerprint density at radius 2 is 1.96 bits per heavy atom. The summed E-state index contributed by atoms with van der Waals surface area (Å²) in [4.78, 5) is 42.4. The molecule has 1 aromatic heterocycles. The number of rotatable bonds is 3. The molecule has 0 spiro atoms. The fourth-order valence-corrected chi connectivity index (χ4v) is 3.71. The molecule has 0 bridgehead atoms. The van der Waals surface area contributed by atoms with Crippen LogP contribution < -0.4 is 5.32 Å². The molecule has 2 saturated heterocycles. The molecule has 0 radical (unpaired) electrons. The van der Waals surface area contributed by atoms with E-state index < -0.39 is 0 Å². The zero-order valence-electron chi connectivity index (χ0n) is 14.4. The first-order valence-corrected chi connectivity index (χ1v) is 8.54. The lowest BCUT2D eigenvalue weighted by Crippen LogP contribution is -2.58. The van der Waals surface area contributed by atoms with Gasteiger partial charge < -0.3 is 20.0 Å². The largest absolute Gasteiger partial charge is 0.339 e. The molecule has 4 heterocycles. The molecule has 9 nitrogen and oxygen atoms in total. The highest BCUT2D eigenvalue weighted by atomic mass is 16.2. The van der Waals surface area contributed by atoms with Crippen LogP contribution in [0.4, 0.5) is 5.82 Å². The number of nitrogens with zero attached hydrogens (tertiary/aromatic N) is 5. The number of carbonyl (C=O) groups is 3. The van der Waals surface area contributed by atoms with Crippen molar-refractivity contribution < 1.29 is 14.4 Å². The van der Waals surface area contributed by atoms with Gasteiger partial charge in [-0.15, -0.1) is 0 Å². The number of likely N-dealkylation sites (tertiary alicyclic amines) is 2. The van der Waals surface area contributed by atoms with Crippen LogP contribution in [0.2, 0.25) is 0 Å². The second kappa shape index (κ2) is 5.83. The van der Waals surface area contributed by atoms with E-state index in [0.717, 1.165) is 13.1 Å². The van der Waals surface area contributed by atoms with Gasteiger partial charge in [-0.1, -0.05) is 0 Å². The van der Waals surface area contributed by atoms with Crippen molar-refractivity contribution in [3.63, 3.8) is 0 Å². The van der Waals surface area contributed by atoms with Crippen molar-refractivity contribution in [2.75, 3.05) is 45.6 Å². The summed E-state index contributed by atoms with van der Waals surface area (Å²) < 4.78 is 1.62. The summed E-state index contributed by atoms with van der Waals surface area (Å²) in [5.41, 5.74) is 0.477. The Bertz CT molecular complexity index is 738.